The van der Waals surface area contributed by atoms with Gasteiger partial charge in [0.25, 0.3) is 0 Å². The van der Waals surface area contributed by atoms with Crippen molar-refractivity contribution in [3.8, 4) is 0 Å². The van der Waals surface area contributed by atoms with Gasteiger partial charge in [-0.3, -0.25) is 9.63 Å². The zero-order chi connectivity index (χ0) is 10.0. The Hall–Kier alpha value is -0.650. The molecular weight excluding hydrogens is 174 g/mol. The fraction of sp³-hybridized carbons (Fsp3) is 0.875. The Morgan fingerprint density at radius 2 is 2.31 bits per heavy atom. The molecule has 1 aliphatic heterocycles. The van der Waals surface area contributed by atoms with E-state index in [2.05, 4.69) is 4.74 Å². The fourth-order valence-electron chi connectivity index (χ4n) is 1.59. The van der Waals surface area contributed by atoms with Gasteiger partial charge in [-0.2, -0.15) is 5.06 Å². The first kappa shape index (κ1) is 10.4. The summed E-state index contributed by atoms with van der Waals surface area (Å²) >= 11 is 0. The third kappa shape index (κ3) is 1.82. The predicted molar refractivity (Wildman–Crippen MR) is 44.7 cm³/mol. The largest absolute Gasteiger partial charge is 0.468 e. The van der Waals surface area contributed by atoms with E-state index < -0.39 is 6.04 Å². The van der Waals surface area contributed by atoms with E-state index in [1.165, 1.54) is 12.2 Å². The maximum atomic E-state index is 11.3. The van der Waals surface area contributed by atoms with Crippen molar-refractivity contribution < 1.29 is 19.5 Å². The molecule has 13 heavy (non-hydrogen) atoms. The van der Waals surface area contributed by atoms with Crippen molar-refractivity contribution in [2.75, 3.05) is 20.8 Å². The van der Waals surface area contributed by atoms with Crippen molar-refractivity contribution in [2.24, 2.45) is 5.92 Å². The number of rotatable bonds is 2. The fourth-order valence-corrected chi connectivity index (χ4v) is 1.59. The molecule has 1 saturated heterocycles. The maximum absolute atomic E-state index is 11.3. The van der Waals surface area contributed by atoms with Crippen molar-refractivity contribution in [3.05, 3.63) is 0 Å². The second kappa shape index (κ2) is 4.04. The first-order valence-electron chi connectivity index (χ1n) is 4.20. The second-order valence-electron chi connectivity index (χ2n) is 3.20. The monoisotopic (exact) mass is 189 g/mol. The Balaban J connectivity index is 2.69. The van der Waals surface area contributed by atoms with E-state index in [0.29, 0.717) is 0 Å². The molecule has 1 aliphatic rings. The molecule has 1 heterocycles. The first-order chi connectivity index (χ1) is 6.11. The van der Waals surface area contributed by atoms with Gasteiger partial charge >= 0.3 is 5.97 Å². The number of aliphatic hydroxyl groups excluding tert-OH is 1. The molecule has 0 aromatic carbocycles. The van der Waals surface area contributed by atoms with Gasteiger partial charge in [0.05, 0.1) is 13.7 Å². The average Bonchev–Trinajstić information content (AvgIpc) is 2.40. The second-order valence-corrected chi connectivity index (χ2v) is 3.20. The summed E-state index contributed by atoms with van der Waals surface area (Å²) in [4.78, 5) is 16.5. The standard InChI is InChI=1S/C8H15NO4/c1-5-6(4-10)13-9(2)7(5)8(11)12-3/h5-7,10H,4H2,1-3H3/t5-,6-,7+/m1/s1. The van der Waals surface area contributed by atoms with E-state index in [4.69, 9.17) is 9.94 Å². The van der Waals surface area contributed by atoms with E-state index in [-0.39, 0.29) is 24.6 Å². The average molecular weight is 189 g/mol. The highest BCUT2D eigenvalue weighted by atomic mass is 16.7. The number of ether oxygens (including phenoxy) is 1. The van der Waals surface area contributed by atoms with Crippen LogP contribution < -0.4 is 0 Å². The lowest BCUT2D eigenvalue weighted by Crippen LogP contribution is -2.37. The minimum Gasteiger partial charge on any atom is -0.468 e. The molecule has 3 atom stereocenters. The number of carbonyl (C=O) groups is 1. The number of hydroxylamine groups is 2. The zero-order valence-corrected chi connectivity index (χ0v) is 8.06. The molecule has 5 heteroatoms. The number of hydrogen-bond donors (Lipinski definition) is 1. The lowest BCUT2D eigenvalue weighted by atomic mass is 9.98. The molecule has 0 bridgehead atoms. The van der Waals surface area contributed by atoms with Crippen LogP contribution in [-0.4, -0.2) is 49.0 Å². The van der Waals surface area contributed by atoms with Gasteiger partial charge < -0.3 is 9.84 Å². The van der Waals surface area contributed by atoms with Gasteiger partial charge in [-0.1, -0.05) is 6.92 Å². The Bertz CT molecular complexity index is 197. The number of aliphatic hydroxyl groups is 1. The van der Waals surface area contributed by atoms with Crippen LogP contribution in [0.3, 0.4) is 0 Å². The maximum Gasteiger partial charge on any atom is 0.325 e. The molecule has 0 unspecified atom stereocenters. The highest BCUT2D eigenvalue weighted by Gasteiger charge is 2.43. The van der Waals surface area contributed by atoms with Gasteiger partial charge in [-0.05, 0) is 0 Å². The van der Waals surface area contributed by atoms with Crippen LogP contribution in [0.2, 0.25) is 0 Å². The van der Waals surface area contributed by atoms with Crippen LogP contribution in [0.25, 0.3) is 0 Å². The first-order valence-corrected chi connectivity index (χ1v) is 4.20. The third-order valence-electron chi connectivity index (χ3n) is 2.40. The molecule has 76 valence electrons. The van der Waals surface area contributed by atoms with E-state index in [0.717, 1.165) is 0 Å². The Morgan fingerprint density at radius 3 is 2.69 bits per heavy atom. The van der Waals surface area contributed by atoms with E-state index in [1.54, 1.807) is 7.05 Å². The normalized spacial score (nSPS) is 34.9. The van der Waals surface area contributed by atoms with Crippen LogP contribution in [0.5, 0.6) is 0 Å². The summed E-state index contributed by atoms with van der Waals surface area (Å²) in [5.41, 5.74) is 0. The molecular formula is C8H15NO4. The Kier molecular flexibility index (Phi) is 3.24. The van der Waals surface area contributed by atoms with Crippen LogP contribution in [0.1, 0.15) is 6.92 Å². The highest BCUT2D eigenvalue weighted by molar-refractivity contribution is 5.76. The number of esters is 1. The summed E-state index contributed by atoms with van der Waals surface area (Å²) in [6.45, 7) is 1.77. The predicted octanol–water partition coefficient (Wildman–Crippen LogP) is -0.598. The van der Waals surface area contributed by atoms with Gasteiger partial charge in [0.1, 0.15) is 12.1 Å². The molecule has 0 aliphatic carbocycles. The van der Waals surface area contributed by atoms with Crippen molar-refractivity contribution in [1.82, 2.24) is 5.06 Å². The van der Waals surface area contributed by atoms with Crippen molar-refractivity contribution in [3.63, 3.8) is 0 Å². The molecule has 0 amide bonds. The molecule has 0 spiro atoms. The Labute approximate surface area is 77.2 Å². The van der Waals surface area contributed by atoms with Gasteiger partial charge in [0.2, 0.25) is 0 Å². The molecule has 0 saturated carbocycles. The van der Waals surface area contributed by atoms with Crippen LogP contribution in [-0.2, 0) is 14.4 Å². The summed E-state index contributed by atoms with van der Waals surface area (Å²) in [5.74, 6) is -0.381. The number of hydrogen-bond acceptors (Lipinski definition) is 5. The van der Waals surface area contributed by atoms with Crippen molar-refractivity contribution in [1.29, 1.82) is 0 Å². The minimum absolute atomic E-state index is 0.0533. The van der Waals surface area contributed by atoms with Gasteiger partial charge in [-0.25, -0.2) is 0 Å². The number of methoxy groups -OCH3 is 1. The topological polar surface area (TPSA) is 59.0 Å². The molecule has 5 nitrogen and oxygen atoms in total. The van der Waals surface area contributed by atoms with Crippen molar-refractivity contribution in [2.45, 2.75) is 19.1 Å². The molecule has 1 N–H and O–H groups in total. The number of carbonyl (C=O) groups excluding carboxylic acids is 1. The van der Waals surface area contributed by atoms with Crippen LogP contribution in [0, 0.1) is 5.92 Å². The summed E-state index contributed by atoms with van der Waals surface area (Å²) in [6, 6.07) is -0.415. The Morgan fingerprint density at radius 1 is 1.69 bits per heavy atom. The summed E-state index contributed by atoms with van der Waals surface area (Å²) in [6.07, 6.45) is -0.311. The third-order valence-corrected chi connectivity index (χ3v) is 2.40. The number of nitrogens with zero attached hydrogens (tertiary/aromatic N) is 1. The van der Waals surface area contributed by atoms with Crippen LogP contribution >= 0.6 is 0 Å². The molecule has 1 rings (SSSR count). The van der Waals surface area contributed by atoms with Crippen molar-refractivity contribution >= 4 is 5.97 Å². The highest BCUT2D eigenvalue weighted by Crippen LogP contribution is 2.26. The SMILES string of the molecule is COC(=O)[C@@H]1[C@H](C)[C@@H](CO)ON1C. The van der Waals surface area contributed by atoms with Crippen LogP contribution in [0.4, 0.5) is 0 Å². The summed E-state index contributed by atoms with van der Waals surface area (Å²) in [7, 11) is 3.00. The summed E-state index contributed by atoms with van der Waals surface area (Å²) < 4.78 is 4.63. The van der Waals surface area contributed by atoms with E-state index >= 15 is 0 Å². The van der Waals surface area contributed by atoms with Gasteiger partial charge in [-0.15, -0.1) is 0 Å². The molecule has 0 aromatic rings. The molecule has 1 fully saturated rings. The number of likely N-dealkylation sites (N-methyl/N-ethyl adjacent to an activating group) is 1. The minimum atomic E-state index is -0.415. The van der Waals surface area contributed by atoms with Crippen LogP contribution in [0.15, 0.2) is 0 Å². The van der Waals surface area contributed by atoms with Gasteiger partial charge in [0, 0.05) is 13.0 Å². The summed E-state index contributed by atoms with van der Waals surface area (Å²) in [5, 5.41) is 10.4. The molecule has 0 radical (unpaired) electrons. The molecule has 0 aromatic heterocycles. The van der Waals surface area contributed by atoms with E-state index in [9.17, 15) is 4.79 Å². The lowest BCUT2D eigenvalue weighted by molar-refractivity contribution is -0.173. The quantitative estimate of drug-likeness (QED) is 0.588. The van der Waals surface area contributed by atoms with Gasteiger partial charge in [0.15, 0.2) is 0 Å². The zero-order valence-electron chi connectivity index (χ0n) is 8.06. The smallest absolute Gasteiger partial charge is 0.325 e. The van der Waals surface area contributed by atoms with E-state index in [1.807, 2.05) is 6.92 Å². The lowest BCUT2D eigenvalue weighted by Gasteiger charge is -2.16.